The Morgan fingerprint density at radius 1 is 0.700 bits per heavy atom. The molecule has 3 aromatic carbocycles. The number of hydrogen-bond acceptors (Lipinski definition) is 5. The molecule has 0 aromatic heterocycles. The molecule has 0 saturated carbocycles. The number of carboxylic acid groups (broad SMARTS) is 2. The highest BCUT2D eigenvalue weighted by Gasteiger charge is 2.30. The van der Waals surface area contributed by atoms with Gasteiger partial charge in [-0.05, 0) is 29.3 Å². The molecule has 154 valence electrons. The van der Waals surface area contributed by atoms with E-state index in [0.29, 0.717) is 0 Å². The molecule has 0 amide bonds. The minimum atomic E-state index is -4.06. The monoisotopic (exact) mass is 426 g/mol. The van der Waals surface area contributed by atoms with E-state index in [1.165, 1.54) is 0 Å². The first kappa shape index (κ1) is 21.5. The number of hydrogen-bond donors (Lipinski definition) is 2. The van der Waals surface area contributed by atoms with Gasteiger partial charge in [-0.2, -0.15) is 0 Å². The summed E-state index contributed by atoms with van der Waals surface area (Å²) in [7, 11) is -4.06. The van der Waals surface area contributed by atoms with E-state index < -0.39 is 19.5 Å². The molecule has 0 saturated heterocycles. The first-order valence-corrected chi connectivity index (χ1v) is 10.5. The summed E-state index contributed by atoms with van der Waals surface area (Å²) in [6.07, 6.45) is 0. The van der Waals surface area contributed by atoms with Crippen LogP contribution in [0.15, 0.2) is 78.9 Å². The molecular formula is C22H19O7P. The van der Waals surface area contributed by atoms with Crippen molar-refractivity contribution in [1.82, 2.24) is 0 Å². The van der Waals surface area contributed by atoms with Crippen molar-refractivity contribution in [3.8, 4) is 0 Å². The van der Waals surface area contributed by atoms with Crippen molar-refractivity contribution in [1.29, 1.82) is 0 Å². The Morgan fingerprint density at radius 2 is 1.10 bits per heavy atom. The van der Waals surface area contributed by atoms with Gasteiger partial charge in [0.1, 0.15) is 0 Å². The quantitative estimate of drug-likeness (QED) is 0.490. The molecule has 3 aromatic rings. The van der Waals surface area contributed by atoms with Crippen molar-refractivity contribution in [3.63, 3.8) is 0 Å². The van der Waals surface area contributed by atoms with Crippen LogP contribution >= 0.6 is 7.60 Å². The molecule has 3 rings (SSSR count). The maximum atomic E-state index is 13.7. The first-order chi connectivity index (χ1) is 14.4. The lowest BCUT2D eigenvalue weighted by atomic mass is 10.1. The predicted octanol–water partition coefficient (Wildman–Crippen LogP) is 4.34. The van der Waals surface area contributed by atoms with Crippen molar-refractivity contribution in [3.05, 3.63) is 101 Å². The third kappa shape index (κ3) is 5.42. The van der Waals surface area contributed by atoms with Crippen LogP contribution in [-0.2, 0) is 26.8 Å². The van der Waals surface area contributed by atoms with Crippen molar-refractivity contribution in [2.75, 3.05) is 0 Å². The van der Waals surface area contributed by atoms with Crippen LogP contribution in [-0.4, -0.2) is 22.2 Å². The number of benzene rings is 3. The van der Waals surface area contributed by atoms with Gasteiger partial charge in [0.15, 0.2) is 0 Å². The molecule has 7 nitrogen and oxygen atoms in total. The van der Waals surface area contributed by atoms with E-state index in [1.807, 2.05) is 12.1 Å². The average molecular weight is 426 g/mol. The van der Waals surface area contributed by atoms with Crippen LogP contribution in [0.1, 0.15) is 31.8 Å². The minimum Gasteiger partial charge on any atom is -0.478 e. The summed E-state index contributed by atoms with van der Waals surface area (Å²) in [5.74, 6) is -2.70. The molecule has 0 aliphatic heterocycles. The van der Waals surface area contributed by atoms with Crippen LogP contribution in [0.4, 0.5) is 0 Å². The van der Waals surface area contributed by atoms with Gasteiger partial charge in [-0.3, -0.25) is 4.57 Å². The molecular weight excluding hydrogens is 407 g/mol. The Balaban J connectivity index is 1.98. The molecule has 2 N–H and O–H groups in total. The van der Waals surface area contributed by atoms with Crippen molar-refractivity contribution in [2.45, 2.75) is 13.2 Å². The smallest absolute Gasteiger partial charge is 0.362 e. The van der Waals surface area contributed by atoms with Crippen LogP contribution < -0.4 is 5.30 Å². The topological polar surface area (TPSA) is 110 Å². The minimum absolute atomic E-state index is 0.0629. The lowest BCUT2D eigenvalue weighted by molar-refractivity contribution is 0.0696. The highest BCUT2D eigenvalue weighted by atomic mass is 31.2. The molecule has 8 heteroatoms. The zero-order valence-electron chi connectivity index (χ0n) is 15.8. The van der Waals surface area contributed by atoms with E-state index in [4.69, 9.17) is 9.05 Å². The van der Waals surface area contributed by atoms with Crippen molar-refractivity contribution < 1.29 is 33.4 Å². The number of carboxylic acids is 2. The van der Waals surface area contributed by atoms with E-state index in [9.17, 15) is 24.4 Å². The van der Waals surface area contributed by atoms with E-state index in [1.54, 1.807) is 48.5 Å². The highest BCUT2D eigenvalue weighted by Crippen LogP contribution is 2.49. The Bertz CT molecular complexity index is 1000. The summed E-state index contributed by atoms with van der Waals surface area (Å²) in [5.41, 5.74) is 0.816. The average Bonchev–Trinajstić information content (AvgIpc) is 2.77. The number of rotatable bonds is 9. The largest absolute Gasteiger partial charge is 0.478 e. The van der Waals surface area contributed by atoms with Gasteiger partial charge in [-0.1, -0.05) is 60.7 Å². The third-order valence-corrected chi connectivity index (χ3v) is 6.04. The molecule has 30 heavy (non-hydrogen) atoms. The maximum absolute atomic E-state index is 13.7. The number of aromatic carboxylic acids is 2. The summed E-state index contributed by atoms with van der Waals surface area (Å²) in [5, 5.41) is 18.5. The van der Waals surface area contributed by atoms with E-state index in [2.05, 4.69) is 0 Å². The van der Waals surface area contributed by atoms with Crippen LogP contribution in [0.3, 0.4) is 0 Å². The fourth-order valence-electron chi connectivity index (χ4n) is 2.67. The maximum Gasteiger partial charge on any atom is 0.362 e. The Morgan fingerprint density at radius 3 is 1.47 bits per heavy atom. The lowest BCUT2D eigenvalue weighted by Crippen LogP contribution is -2.16. The SMILES string of the molecule is O=C(O)c1cc(C(=O)O)cc(P(=O)(OCc2ccccc2)OCc2ccccc2)c1. The molecule has 0 aliphatic carbocycles. The fourth-order valence-corrected chi connectivity index (χ4v) is 4.28. The van der Waals surface area contributed by atoms with Gasteiger partial charge in [0.25, 0.3) is 0 Å². The molecule has 0 fully saturated rings. The first-order valence-electron chi connectivity index (χ1n) is 8.96. The predicted molar refractivity (Wildman–Crippen MR) is 110 cm³/mol. The van der Waals surface area contributed by atoms with Gasteiger partial charge >= 0.3 is 19.5 Å². The Hall–Kier alpha value is -3.25. The normalized spacial score (nSPS) is 11.2. The van der Waals surface area contributed by atoms with Gasteiger partial charge in [0, 0.05) is 0 Å². The molecule has 0 heterocycles. The highest BCUT2D eigenvalue weighted by molar-refractivity contribution is 7.62. The summed E-state index contributed by atoms with van der Waals surface area (Å²) in [6, 6.07) is 21.2. The second-order valence-corrected chi connectivity index (χ2v) is 8.42. The second-order valence-electron chi connectivity index (χ2n) is 6.39. The van der Waals surface area contributed by atoms with Crippen molar-refractivity contribution in [2.24, 2.45) is 0 Å². The van der Waals surface area contributed by atoms with Gasteiger partial charge in [-0.15, -0.1) is 0 Å². The van der Waals surface area contributed by atoms with Crippen LogP contribution in [0.2, 0.25) is 0 Å². The van der Waals surface area contributed by atoms with Crippen LogP contribution in [0.25, 0.3) is 0 Å². The van der Waals surface area contributed by atoms with Crippen LogP contribution in [0, 0.1) is 0 Å². The van der Waals surface area contributed by atoms with Gasteiger partial charge in [0.2, 0.25) is 0 Å². The zero-order valence-corrected chi connectivity index (χ0v) is 16.7. The molecule has 0 atom stereocenters. The van der Waals surface area contributed by atoms with Gasteiger partial charge in [-0.25, -0.2) is 9.59 Å². The Kier molecular flexibility index (Phi) is 6.79. The summed E-state index contributed by atoms with van der Waals surface area (Å²) in [4.78, 5) is 22.9. The Labute approximate surface area is 173 Å². The third-order valence-electron chi connectivity index (χ3n) is 4.22. The fraction of sp³-hybridized carbons (Fsp3) is 0.0909. The van der Waals surface area contributed by atoms with Crippen LogP contribution in [0.5, 0.6) is 0 Å². The van der Waals surface area contributed by atoms with Crippen molar-refractivity contribution >= 4 is 24.8 Å². The second kappa shape index (κ2) is 9.50. The summed E-state index contributed by atoms with van der Waals surface area (Å²) in [6.45, 7) is -0.126. The summed E-state index contributed by atoms with van der Waals surface area (Å²) >= 11 is 0. The molecule has 0 radical (unpaired) electrons. The summed E-state index contributed by atoms with van der Waals surface area (Å²) < 4.78 is 25.0. The van der Waals surface area contributed by atoms with Gasteiger partial charge < -0.3 is 19.3 Å². The van der Waals surface area contributed by atoms with E-state index in [-0.39, 0.29) is 29.6 Å². The molecule has 0 unspecified atom stereocenters. The lowest BCUT2D eigenvalue weighted by Gasteiger charge is -2.20. The standard InChI is InChI=1S/C22H19O7P/c23-21(24)18-11-19(22(25)26)13-20(12-18)30(27,28-14-16-7-3-1-4-8-16)29-15-17-9-5-2-6-10-17/h1-13H,14-15H2,(H,23,24)(H,25,26). The van der Waals surface area contributed by atoms with E-state index >= 15 is 0 Å². The molecule has 0 spiro atoms. The van der Waals surface area contributed by atoms with Gasteiger partial charge in [0.05, 0.1) is 29.6 Å². The van der Waals surface area contributed by atoms with E-state index in [0.717, 1.165) is 29.3 Å². The number of carbonyl (C=O) groups is 2. The zero-order chi connectivity index (χ0) is 21.6. The molecule has 0 aliphatic rings. The molecule has 0 bridgehead atoms.